The predicted molar refractivity (Wildman–Crippen MR) is 63.2 cm³/mol. The van der Waals surface area contributed by atoms with Gasteiger partial charge in [0, 0.05) is 17.7 Å². The van der Waals surface area contributed by atoms with E-state index in [9.17, 15) is 4.39 Å². The van der Waals surface area contributed by atoms with E-state index in [2.05, 4.69) is 12.2 Å². The van der Waals surface area contributed by atoms with E-state index in [-0.39, 0.29) is 11.3 Å². The summed E-state index contributed by atoms with van der Waals surface area (Å²) in [6.45, 7) is 4.39. The van der Waals surface area contributed by atoms with Crippen LogP contribution in [0.25, 0.3) is 0 Å². The minimum Gasteiger partial charge on any atom is -0.491 e. The highest BCUT2D eigenvalue weighted by molar-refractivity contribution is 5.70. The number of nitrogens with one attached hydrogen (secondary N) is 1. The van der Waals surface area contributed by atoms with Crippen molar-refractivity contribution in [1.29, 1.82) is 0 Å². The molecule has 88 valence electrons. The maximum absolute atomic E-state index is 13.4. The van der Waals surface area contributed by atoms with Crippen molar-refractivity contribution in [3.8, 4) is 5.75 Å². The van der Waals surface area contributed by atoms with Gasteiger partial charge in [-0.05, 0) is 26.7 Å². The molecule has 1 aliphatic carbocycles. The molecule has 3 N–H and O–H groups in total. The van der Waals surface area contributed by atoms with Gasteiger partial charge in [0.15, 0.2) is 11.6 Å². The first-order chi connectivity index (χ1) is 7.54. The monoisotopic (exact) mass is 224 g/mol. The zero-order valence-electron chi connectivity index (χ0n) is 9.64. The number of benzene rings is 1. The van der Waals surface area contributed by atoms with E-state index in [0.717, 1.165) is 18.5 Å². The van der Waals surface area contributed by atoms with Gasteiger partial charge in [0.05, 0.1) is 18.0 Å². The number of hydrogen-bond acceptors (Lipinski definition) is 3. The van der Waals surface area contributed by atoms with Gasteiger partial charge in [-0.15, -0.1) is 0 Å². The van der Waals surface area contributed by atoms with Crippen molar-refractivity contribution < 1.29 is 9.13 Å². The minimum atomic E-state index is -0.411. The third kappa shape index (κ3) is 2.21. The summed E-state index contributed by atoms with van der Waals surface area (Å²) >= 11 is 0. The molecule has 3 nitrogen and oxygen atoms in total. The van der Waals surface area contributed by atoms with E-state index < -0.39 is 5.82 Å². The fourth-order valence-electron chi connectivity index (χ4n) is 1.58. The van der Waals surface area contributed by atoms with E-state index in [1.807, 2.05) is 6.92 Å². The molecule has 0 bridgehead atoms. The summed E-state index contributed by atoms with van der Waals surface area (Å²) in [5, 5.41) is 3.31. The van der Waals surface area contributed by atoms with E-state index in [1.165, 1.54) is 6.07 Å². The lowest BCUT2D eigenvalue weighted by Gasteiger charge is -2.16. The second kappa shape index (κ2) is 3.85. The molecule has 0 spiro atoms. The summed E-state index contributed by atoms with van der Waals surface area (Å²) in [5.74, 6) is -0.158. The smallest absolute Gasteiger partial charge is 0.167 e. The first kappa shape index (κ1) is 11.0. The third-order valence-corrected chi connectivity index (χ3v) is 2.84. The van der Waals surface area contributed by atoms with E-state index in [0.29, 0.717) is 12.3 Å². The predicted octanol–water partition coefficient (Wildman–Crippen LogP) is 2.77. The topological polar surface area (TPSA) is 47.3 Å². The van der Waals surface area contributed by atoms with Crippen LogP contribution in [0.4, 0.5) is 15.8 Å². The van der Waals surface area contributed by atoms with Crippen LogP contribution in [0.2, 0.25) is 0 Å². The molecule has 16 heavy (non-hydrogen) atoms. The van der Waals surface area contributed by atoms with Crippen molar-refractivity contribution in [3.05, 3.63) is 17.9 Å². The second-order valence-electron chi connectivity index (χ2n) is 4.49. The summed E-state index contributed by atoms with van der Waals surface area (Å²) in [6, 6.07) is 2.94. The van der Waals surface area contributed by atoms with Crippen LogP contribution in [0.5, 0.6) is 5.75 Å². The van der Waals surface area contributed by atoms with Crippen molar-refractivity contribution in [3.63, 3.8) is 0 Å². The van der Waals surface area contributed by atoms with Crippen molar-refractivity contribution in [1.82, 2.24) is 0 Å². The molecule has 4 heteroatoms. The molecule has 0 aromatic heterocycles. The molecule has 0 unspecified atom stereocenters. The van der Waals surface area contributed by atoms with Crippen LogP contribution < -0.4 is 15.8 Å². The molecule has 0 heterocycles. The third-order valence-electron chi connectivity index (χ3n) is 2.84. The SMILES string of the molecule is CCOc1cc(NC2(C)CC2)c(N)cc1F. The standard InChI is InChI=1S/C12H17FN2O/c1-3-16-11-7-10(9(14)6-8(11)13)15-12(2)4-5-12/h6-7,15H,3-5,14H2,1-2H3. The van der Waals surface area contributed by atoms with Crippen LogP contribution in [-0.2, 0) is 0 Å². The van der Waals surface area contributed by atoms with E-state index in [1.54, 1.807) is 6.07 Å². The van der Waals surface area contributed by atoms with Crippen LogP contribution in [0, 0.1) is 5.82 Å². The lowest BCUT2D eigenvalue weighted by molar-refractivity contribution is 0.322. The van der Waals surface area contributed by atoms with Crippen molar-refractivity contribution in [2.45, 2.75) is 32.2 Å². The van der Waals surface area contributed by atoms with Crippen LogP contribution in [-0.4, -0.2) is 12.1 Å². The van der Waals surface area contributed by atoms with Gasteiger partial charge in [-0.25, -0.2) is 4.39 Å². The zero-order valence-corrected chi connectivity index (χ0v) is 9.64. The van der Waals surface area contributed by atoms with Gasteiger partial charge >= 0.3 is 0 Å². The lowest BCUT2D eigenvalue weighted by Crippen LogP contribution is -2.17. The summed E-state index contributed by atoms with van der Waals surface area (Å²) in [5.41, 5.74) is 7.06. The molecule has 1 aromatic carbocycles. The van der Waals surface area contributed by atoms with E-state index >= 15 is 0 Å². The van der Waals surface area contributed by atoms with E-state index in [4.69, 9.17) is 10.5 Å². The maximum Gasteiger partial charge on any atom is 0.167 e. The van der Waals surface area contributed by atoms with Gasteiger partial charge in [-0.2, -0.15) is 0 Å². The van der Waals surface area contributed by atoms with Crippen molar-refractivity contribution in [2.75, 3.05) is 17.7 Å². The first-order valence-electron chi connectivity index (χ1n) is 5.54. The molecule has 0 radical (unpaired) electrons. The average Bonchev–Trinajstić information content (AvgIpc) is 2.92. The molecule has 1 fully saturated rings. The Morgan fingerprint density at radius 2 is 2.19 bits per heavy atom. The average molecular weight is 224 g/mol. The van der Waals surface area contributed by atoms with Crippen molar-refractivity contribution >= 4 is 11.4 Å². The van der Waals surface area contributed by atoms with Crippen molar-refractivity contribution in [2.24, 2.45) is 0 Å². The van der Waals surface area contributed by atoms with Crippen LogP contribution >= 0.6 is 0 Å². The number of anilines is 2. The number of halogens is 1. The number of nitrogens with two attached hydrogens (primary N) is 1. The number of nitrogen functional groups attached to an aromatic ring is 1. The molecule has 1 aliphatic rings. The van der Waals surface area contributed by atoms with Gasteiger partial charge in [-0.1, -0.05) is 0 Å². The van der Waals surface area contributed by atoms with Crippen LogP contribution in [0.3, 0.4) is 0 Å². The molecular weight excluding hydrogens is 207 g/mol. The van der Waals surface area contributed by atoms with Crippen LogP contribution in [0.15, 0.2) is 12.1 Å². The molecule has 0 amide bonds. The van der Waals surface area contributed by atoms with Gasteiger partial charge in [0.2, 0.25) is 0 Å². The van der Waals surface area contributed by atoms with Gasteiger partial charge in [-0.3, -0.25) is 0 Å². The Balaban J connectivity index is 2.25. The largest absolute Gasteiger partial charge is 0.491 e. The normalized spacial score (nSPS) is 16.9. The molecule has 0 saturated heterocycles. The fraction of sp³-hybridized carbons (Fsp3) is 0.500. The van der Waals surface area contributed by atoms with Gasteiger partial charge in [0.25, 0.3) is 0 Å². The summed E-state index contributed by atoms with van der Waals surface area (Å²) < 4.78 is 18.6. The molecule has 0 atom stereocenters. The Hall–Kier alpha value is -1.45. The zero-order chi connectivity index (χ0) is 11.8. The molecular formula is C12H17FN2O. The first-order valence-corrected chi connectivity index (χ1v) is 5.54. The molecule has 1 saturated carbocycles. The van der Waals surface area contributed by atoms with Gasteiger partial charge < -0.3 is 15.8 Å². The number of rotatable bonds is 4. The number of hydrogen-bond donors (Lipinski definition) is 2. The highest BCUT2D eigenvalue weighted by Gasteiger charge is 2.37. The maximum atomic E-state index is 13.4. The van der Waals surface area contributed by atoms with Crippen LogP contribution in [0.1, 0.15) is 26.7 Å². The highest BCUT2D eigenvalue weighted by Crippen LogP contribution is 2.40. The Labute approximate surface area is 94.8 Å². The Kier molecular flexibility index (Phi) is 2.66. The summed E-state index contributed by atoms with van der Waals surface area (Å²) in [6.07, 6.45) is 2.24. The fourth-order valence-corrected chi connectivity index (χ4v) is 1.58. The molecule has 0 aliphatic heterocycles. The quantitative estimate of drug-likeness (QED) is 0.773. The Morgan fingerprint density at radius 1 is 1.50 bits per heavy atom. The minimum absolute atomic E-state index is 0.120. The molecule has 1 aromatic rings. The summed E-state index contributed by atoms with van der Waals surface area (Å²) in [4.78, 5) is 0. The lowest BCUT2D eigenvalue weighted by atomic mass is 10.2. The number of ether oxygens (including phenoxy) is 1. The van der Waals surface area contributed by atoms with Gasteiger partial charge in [0.1, 0.15) is 0 Å². The Morgan fingerprint density at radius 3 is 2.75 bits per heavy atom. The second-order valence-corrected chi connectivity index (χ2v) is 4.49. The summed E-state index contributed by atoms with van der Waals surface area (Å²) in [7, 11) is 0. The highest BCUT2D eigenvalue weighted by atomic mass is 19.1. The molecule has 2 rings (SSSR count). The Bertz CT molecular complexity index is 402.